The van der Waals surface area contributed by atoms with Crippen molar-refractivity contribution in [1.82, 2.24) is 15.6 Å². The maximum absolute atomic E-state index is 14.5. The molecule has 3 amide bonds. The van der Waals surface area contributed by atoms with Crippen molar-refractivity contribution in [1.29, 1.82) is 0 Å². The lowest BCUT2D eigenvalue weighted by molar-refractivity contribution is -0.135. The van der Waals surface area contributed by atoms with Gasteiger partial charge in [-0.2, -0.15) is 5.01 Å². The molecule has 0 bridgehead atoms. The van der Waals surface area contributed by atoms with Crippen LogP contribution in [0.5, 0.6) is 5.75 Å². The van der Waals surface area contributed by atoms with Gasteiger partial charge in [0.15, 0.2) is 0 Å². The fourth-order valence-electron chi connectivity index (χ4n) is 3.49. The largest absolute Gasteiger partial charge is 0.507 e. The van der Waals surface area contributed by atoms with Crippen molar-refractivity contribution in [2.45, 2.75) is 26.1 Å². The van der Waals surface area contributed by atoms with Crippen LogP contribution in [0.2, 0.25) is 0 Å². The first kappa shape index (κ1) is 19.4. The number of rotatable bonds is 3. The van der Waals surface area contributed by atoms with Gasteiger partial charge in [-0.25, -0.2) is 9.18 Å². The normalized spacial score (nSPS) is 21.0. The Bertz CT molecular complexity index is 1100. The molecule has 0 fully saturated rings. The molecule has 8 nitrogen and oxygen atoms in total. The van der Waals surface area contributed by atoms with Crippen LogP contribution in [0.1, 0.15) is 37.2 Å². The number of halogens is 1. The standard InChI is InChI=1S/C21H19FN4O4/c1-11-17(18(24-21(29)23-11)13-7-3-5-9-15(13)22)19-25-26(12(2)27)20(30-19)14-8-4-6-10-16(14)28/h3-10,18,20,28H,1-2H3,(H2,23,24,29). The highest BCUT2D eigenvalue weighted by atomic mass is 19.1. The lowest BCUT2D eigenvalue weighted by atomic mass is 9.95. The predicted octanol–water partition coefficient (Wildman–Crippen LogP) is 3.05. The number of nitrogens with zero attached hydrogens (tertiary/aromatic N) is 2. The maximum atomic E-state index is 14.5. The average molecular weight is 410 g/mol. The quantitative estimate of drug-likeness (QED) is 0.724. The Balaban J connectivity index is 1.79. The summed E-state index contributed by atoms with van der Waals surface area (Å²) in [6.45, 7) is 2.96. The summed E-state index contributed by atoms with van der Waals surface area (Å²) >= 11 is 0. The summed E-state index contributed by atoms with van der Waals surface area (Å²) in [6.07, 6.45) is -1.00. The number of para-hydroxylation sites is 1. The lowest BCUT2D eigenvalue weighted by Crippen LogP contribution is -2.45. The number of phenolic OH excluding ortho intramolecular Hbond substituents is 1. The Labute approximate surface area is 171 Å². The average Bonchev–Trinajstić information content (AvgIpc) is 3.13. The van der Waals surface area contributed by atoms with Crippen LogP contribution >= 0.6 is 0 Å². The van der Waals surface area contributed by atoms with E-state index in [0.29, 0.717) is 16.8 Å². The van der Waals surface area contributed by atoms with Crippen molar-refractivity contribution < 1.29 is 23.8 Å². The molecule has 2 unspecified atom stereocenters. The van der Waals surface area contributed by atoms with Gasteiger partial charge in [0.25, 0.3) is 0 Å². The molecule has 154 valence electrons. The van der Waals surface area contributed by atoms with E-state index >= 15 is 0 Å². The highest BCUT2D eigenvalue weighted by molar-refractivity contribution is 6.00. The maximum Gasteiger partial charge on any atom is 0.319 e. The minimum absolute atomic E-state index is 0.0386. The molecule has 2 atom stereocenters. The van der Waals surface area contributed by atoms with Gasteiger partial charge in [-0.3, -0.25) is 4.79 Å². The van der Waals surface area contributed by atoms with E-state index in [1.807, 2.05) is 0 Å². The van der Waals surface area contributed by atoms with E-state index in [1.165, 1.54) is 19.1 Å². The summed E-state index contributed by atoms with van der Waals surface area (Å²) in [7, 11) is 0. The number of aromatic hydroxyl groups is 1. The zero-order valence-electron chi connectivity index (χ0n) is 16.2. The zero-order valence-corrected chi connectivity index (χ0v) is 16.2. The number of hydrazone groups is 1. The van der Waals surface area contributed by atoms with Gasteiger partial charge in [0.05, 0.1) is 17.2 Å². The fraction of sp³-hybridized carbons (Fsp3) is 0.190. The van der Waals surface area contributed by atoms with E-state index in [-0.39, 0.29) is 17.2 Å². The topological polar surface area (TPSA) is 103 Å². The molecule has 30 heavy (non-hydrogen) atoms. The van der Waals surface area contributed by atoms with Crippen molar-refractivity contribution in [3.05, 3.63) is 76.7 Å². The molecular formula is C21H19FN4O4. The van der Waals surface area contributed by atoms with E-state index < -0.39 is 30.0 Å². The molecule has 4 rings (SSSR count). The van der Waals surface area contributed by atoms with Gasteiger partial charge in [-0.05, 0) is 25.1 Å². The molecule has 2 aromatic carbocycles. The number of phenols is 1. The van der Waals surface area contributed by atoms with Crippen LogP contribution in [-0.2, 0) is 9.53 Å². The Hall–Kier alpha value is -3.88. The van der Waals surface area contributed by atoms with Crippen molar-refractivity contribution >= 4 is 17.8 Å². The predicted molar refractivity (Wildman–Crippen MR) is 105 cm³/mol. The Morgan fingerprint density at radius 3 is 2.50 bits per heavy atom. The number of benzene rings is 2. The Morgan fingerprint density at radius 2 is 1.83 bits per heavy atom. The number of hydrogen-bond acceptors (Lipinski definition) is 5. The summed E-state index contributed by atoms with van der Waals surface area (Å²) in [6, 6.07) is 11.1. The van der Waals surface area contributed by atoms with Crippen LogP contribution < -0.4 is 10.6 Å². The van der Waals surface area contributed by atoms with Crippen molar-refractivity contribution in [2.24, 2.45) is 5.10 Å². The molecule has 0 aliphatic carbocycles. The third-order valence-corrected chi connectivity index (χ3v) is 4.89. The number of urea groups is 1. The second-order valence-corrected chi connectivity index (χ2v) is 6.89. The molecule has 2 aliphatic rings. The number of carbonyl (C=O) groups excluding carboxylic acids is 2. The van der Waals surface area contributed by atoms with Crippen molar-refractivity contribution in [2.75, 3.05) is 0 Å². The monoisotopic (exact) mass is 410 g/mol. The summed E-state index contributed by atoms with van der Waals surface area (Å²) in [4.78, 5) is 24.3. The molecule has 3 N–H and O–H groups in total. The summed E-state index contributed by atoms with van der Waals surface area (Å²) < 4.78 is 20.5. The highest BCUT2D eigenvalue weighted by Crippen LogP contribution is 2.38. The van der Waals surface area contributed by atoms with Gasteiger partial charge in [0.2, 0.25) is 18.0 Å². The van der Waals surface area contributed by atoms with Crippen LogP contribution in [-0.4, -0.2) is 28.0 Å². The van der Waals surface area contributed by atoms with E-state index in [9.17, 15) is 19.1 Å². The summed E-state index contributed by atoms with van der Waals surface area (Å²) in [5, 5.41) is 20.9. The third kappa shape index (κ3) is 3.34. The molecule has 9 heteroatoms. The van der Waals surface area contributed by atoms with Crippen LogP contribution in [0.25, 0.3) is 0 Å². The minimum Gasteiger partial charge on any atom is -0.507 e. The number of amides is 3. The molecule has 0 radical (unpaired) electrons. The molecule has 0 aromatic heterocycles. The summed E-state index contributed by atoms with van der Waals surface area (Å²) in [5.74, 6) is -0.936. The number of hydrogen-bond donors (Lipinski definition) is 3. The van der Waals surface area contributed by atoms with Crippen LogP contribution in [0.15, 0.2) is 64.9 Å². The molecule has 0 saturated heterocycles. The second kappa shape index (κ2) is 7.51. The second-order valence-electron chi connectivity index (χ2n) is 6.89. The molecule has 2 aliphatic heterocycles. The zero-order chi connectivity index (χ0) is 21.4. The smallest absolute Gasteiger partial charge is 0.319 e. The third-order valence-electron chi connectivity index (χ3n) is 4.89. The van der Waals surface area contributed by atoms with Gasteiger partial charge in [-0.15, -0.1) is 5.10 Å². The van der Waals surface area contributed by atoms with E-state index in [1.54, 1.807) is 43.3 Å². The minimum atomic E-state index is -1.00. The first-order chi connectivity index (χ1) is 14.4. The van der Waals surface area contributed by atoms with Crippen LogP contribution in [0.3, 0.4) is 0 Å². The van der Waals surface area contributed by atoms with Crippen molar-refractivity contribution in [3.8, 4) is 5.75 Å². The first-order valence-corrected chi connectivity index (χ1v) is 9.23. The molecule has 0 saturated carbocycles. The number of nitrogens with one attached hydrogen (secondary N) is 2. The van der Waals surface area contributed by atoms with E-state index in [2.05, 4.69) is 15.7 Å². The SMILES string of the molecule is CC(=O)N1N=C(C2=C(C)NC(=O)NC2c2ccccc2F)OC1c1ccccc1O. The fourth-order valence-corrected chi connectivity index (χ4v) is 3.49. The molecule has 2 heterocycles. The number of carbonyl (C=O) groups is 2. The van der Waals surface area contributed by atoms with Gasteiger partial charge < -0.3 is 20.5 Å². The lowest BCUT2D eigenvalue weighted by Gasteiger charge is -2.29. The van der Waals surface area contributed by atoms with Gasteiger partial charge in [0, 0.05) is 18.2 Å². The Morgan fingerprint density at radius 1 is 1.17 bits per heavy atom. The van der Waals surface area contributed by atoms with Gasteiger partial charge in [-0.1, -0.05) is 30.3 Å². The van der Waals surface area contributed by atoms with E-state index in [4.69, 9.17) is 4.74 Å². The Kier molecular flexibility index (Phi) is 4.86. The van der Waals surface area contributed by atoms with Gasteiger partial charge in [0.1, 0.15) is 11.6 Å². The molecular weight excluding hydrogens is 391 g/mol. The summed E-state index contributed by atoms with van der Waals surface area (Å²) in [5.41, 5.74) is 1.37. The highest BCUT2D eigenvalue weighted by Gasteiger charge is 2.40. The van der Waals surface area contributed by atoms with Crippen LogP contribution in [0.4, 0.5) is 9.18 Å². The molecule has 0 spiro atoms. The van der Waals surface area contributed by atoms with E-state index in [0.717, 1.165) is 5.01 Å². The number of ether oxygens (including phenoxy) is 1. The first-order valence-electron chi connectivity index (χ1n) is 9.23. The van der Waals surface area contributed by atoms with Crippen LogP contribution in [0, 0.1) is 5.82 Å². The van der Waals surface area contributed by atoms with Crippen molar-refractivity contribution in [3.63, 3.8) is 0 Å². The molecule has 2 aromatic rings. The number of allylic oxidation sites excluding steroid dienone is 1. The van der Waals surface area contributed by atoms with Gasteiger partial charge >= 0.3 is 6.03 Å².